The van der Waals surface area contributed by atoms with Crippen LogP contribution in [0.2, 0.25) is 0 Å². The summed E-state index contributed by atoms with van der Waals surface area (Å²) in [5.74, 6) is -0.550. The standard InChI is InChI=1S/C15H23FN4O/c1-2-13(5-6-17)19-7-9-20(10-8-19)15(21)14-4-3-12(16)11-18-14/h3-4,11,13H,2,5-10,17H2,1H3. The molecule has 0 bridgehead atoms. The Kier molecular flexibility index (Phi) is 5.64. The van der Waals surface area contributed by atoms with Crippen molar-refractivity contribution in [2.45, 2.75) is 25.8 Å². The van der Waals surface area contributed by atoms with E-state index < -0.39 is 5.82 Å². The summed E-state index contributed by atoms with van der Waals surface area (Å²) in [6.07, 6.45) is 3.15. The third-order valence-electron chi connectivity index (χ3n) is 4.04. The van der Waals surface area contributed by atoms with Crippen LogP contribution < -0.4 is 5.73 Å². The van der Waals surface area contributed by atoms with Gasteiger partial charge in [0.25, 0.3) is 5.91 Å². The molecule has 2 rings (SSSR count). The Morgan fingerprint density at radius 2 is 2.10 bits per heavy atom. The molecule has 21 heavy (non-hydrogen) atoms. The topological polar surface area (TPSA) is 62.5 Å². The molecular weight excluding hydrogens is 271 g/mol. The first kappa shape index (κ1) is 15.9. The molecular formula is C15H23FN4O. The molecule has 0 spiro atoms. The van der Waals surface area contributed by atoms with Crippen LogP contribution in [0.5, 0.6) is 0 Å². The van der Waals surface area contributed by atoms with Gasteiger partial charge in [-0.3, -0.25) is 9.69 Å². The Hall–Kier alpha value is -1.53. The molecule has 5 nitrogen and oxygen atoms in total. The molecule has 1 fully saturated rings. The fourth-order valence-electron chi connectivity index (χ4n) is 2.79. The normalized spacial score (nSPS) is 17.8. The van der Waals surface area contributed by atoms with Gasteiger partial charge in [-0.2, -0.15) is 0 Å². The van der Waals surface area contributed by atoms with E-state index in [-0.39, 0.29) is 5.91 Å². The number of nitrogens with two attached hydrogens (primary N) is 1. The molecule has 6 heteroatoms. The lowest BCUT2D eigenvalue weighted by atomic mass is 10.1. The molecule has 1 amide bonds. The van der Waals surface area contributed by atoms with Gasteiger partial charge in [0.15, 0.2) is 0 Å². The lowest BCUT2D eigenvalue weighted by Gasteiger charge is -2.39. The smallest absolute Gasteiger partial charge is 0.272 e. The highest BCUT2D eigenvalue weighted by Gasteiger charge is 2.25. The summed E-state index contributed by atoms with van der Waals surface area (Å²) >= 11 is 0. The van der Waals surface area contributed by atoms with Crippen molar-refractivity contribution in [2.75, 3.05) is 32.7 Å². The molecule has 2 heterocycles. The van der Waals surface area contributed by atoms with Gasteiger partial charge in [-0.1, -0.05) is 6.92 Å². The average Bonchev–Trinajstić information content (AvgIpc) is 2.53. The van der Waals surface area contributed by atoms with Crippen LogP contribution in [0.4, 0.5) is 4.39 Å². The van der Waals surface area contributed by atoms with Crippen molar-refractivity contribution in [3.63, 3.8) is 0 Å². The summed E-state index contributed by atoms with van der Waals surface area (Å²) in [5.41, 5.74) is 5.95. The number of carbonyl (C=O) groups is 1. The zero-order chi connectivity index (χ0) is 15.2. The first-order valence-corrected chi connectivity index (χ1v) is 7.50. The number of carbonyl (C=O) groups excluding carboxylic acids is 1. The van der Waals surface area contributed by atoms with Crippen molar-refractivity contribution in [1.82, 2.24) is 14.8 Å². The van der Waals surface area contributed by atoms with Gasteiger partial charge < -0.3 is 10.6 Å². The first-order valence-electron chi connectivity index (χ1n) is 7.50. The third kappa shape index (κ3) is 3.98. The van der Waals surface area contributed by atoms with E-state index in [4.69, 9.17) is 5.73 Å². The molecule has 1 atom stereocenters. The van der Waals surface area contributed by atoms with Crippen LogP contribution in [-0.2, 0) is 0 Å². The minimum Gasteiger partial charge on any atom is -0.335 e. The van der Waals surface area contributed by atoms with Crippen molar-refractivity contribution >= 4 is 5.91 Å². The van der Waals surface area contributed by atoms with Gasteiger partial charge in [-0.25, -0.2) is 9.37 Å². The summed E-state index contributed by atoms with van der Waals surface area (Å²) in [5, 5.41) is 0. The Morgan fingerprint density at radius 1 is 1.38 bits per heavy atom. The number of halogens is 1. The fraction of sp³-hybridized carbons (Fsp3) is 0.600. The lowest BCUT2D eigenvalue weighted by molar-refractivity contribution is 0.0551. The molecule has 0 saturated carbocycles. The number of hydrogen-bond donors (Lipinski definition) is 1. The molecule has 2 N–H and O–H groups in total. The van der Waals surface area contributed by atoms with E-state index >= 15 is 0 Å². The highest BCUT2D eigenvalue weighted by atomic mass is 19.1. The van der Waals surface area contributed by atoms with Gasteiger partial charge >= 0.3 is 0 Å². The van der Waals surface area contributed by atoms with Crippen molar-refractivity contribution in [3.8, 4) is 0 Å². The fourth-order valence-corrected chi connectivity index (χ4v) is 2.79. The van der Waals surface area contributed by atoms with Crippen LogP contribution in [0.1, 0.15) is 30.3 Å². The van der Waals surface area contributed by atoms with Gasteiger partial charge in [-0.05, 0) is 31.5 Å². The lowest BCUT2D eigenvalue weighted by Crippen LogP contribution is -2.52. The first-order chi connectivity index (χ1) is 10.2. The van der Waals surface area contributed by atoms with Gasteiger partial charge in [0.2, 0.25) is 0 Å². The highest BCUT2D eigenvalue weighted by Crippen LogP contribution is 2.13. The number of piperazine rings is 1. The second-order valence-electron chi connectivity index (χ2n) is 5.33. The summed E-state index contributed by atoms with van der Waals surface area (Å²) in [6, 6.07) is 3.20. The van der Waals surface area contributed by atoms with Crippen LogP contribution in [0.3, 0.4) is 0 Å². The number of rotatable bonds is 5. The summed E-state index contributed by atoms with van der Waals surface area (Å²) in [6.45, 7) is 5.92. The van der Waals surface area contributed by atoms with E-state index in [1.807, 2.05) is 0 Å². The quantitative estimate of drug-likeness (QED) is 0.883. The van der Waals surface area contributed by atoms with Crippen molar-refractivity contribution in [3.05, 3.63) is 29.8 Å². The van der Waals surface area contributed by atoms with Gasteiger partial charge in [0, 0.05) is 32.2 Å². The highest BCUT2D eigenvalue weighted by molar-refractivity contribution is 5.92. The summed E-state index contributed by atoms with van der Waals surface area (Å²) in [7, 11) is 0. The van der Waals surface area contributed by atoms with Crippen LogP contribution in [0, 0.1) is 5.82 Å². The number of aromatic nitrogens is 1. The van der Waals surface area contributed by atoms with Crippen LogP contribution in [-0.4, -0.2) is 59.5 Å². The maximum Gasteiger partial charge on any atom is 0.272 e. The Bertz CT molecular complexity index is 457. The number of nitrogens with zero attached hydrogens (tertiary/aromatic N) is 3. The van der Waals surface area contributed by atoms with E-state index in [2.05, 4.69) is 16.8 Å². The number of pyridine rings is 1. The predicted molar refractivity (Wildman–Crippen MR) is 79.4 cm³/mol. The molecule has 116 valence electrons. The van der Waals surface area contributed by atoms with Gasteiger partial charge in [-0.15, -0.1) is 0 Å². The minimum absolute atomic E-state index is 0.124. The SMILES string of the molecule is CCC(CCN)N1CCN(C(=O)c2ccc(F)cn2)CC1. The summed E-state index contributed by atoms with van der Waals surface area (Å²) < 4.78 is 12.8. The monoisotopic (exact) mass is 294 g/mol. The largest absolute Gasteiger partial charge is 0.335 e. The second-order valence-corrected chi connectivity index (χ2v) is 5.33. The third-order valence-corrected chi connectivity index (χ3v) is 4.04. The molecule has 1 aromatic rings. The zero-order valence-electron chi connectivity index (χ0n) is 12.5. The van der Waals surface area contributed by atoms with E-state index in [1.54, 1.807) is 4.90 Å². The second kappa shape index (κ2) is 7.47. The average molecular weight is 294 g/mol. The maximum absolute atomic E-state index is 12.8. The molecule has 0 aliphatic carbocycles. The maximum atomic E-state index is 12.8. The predicted octanol–water partition coefficient (Wildman–Crippen LogP) is 1.11. The van der Waals surface area contributed by atoms with Crippen LogP contribution in [0.25, 0.3) is 0 Å². The van der Waals surface area contributed by atoms with Crippen molar-refractivity contribution in [2.24, 2.45) is 5.73 Å². The molecule has 1 unspecified atom stereocenters. The van der Waals surface area contributed by atoms with Crippen molar-refractivity contribution in [1.29, 1.82) is 0 Å². The zero-order valence-corrected chi connectivity index (χ0v) is 12.5. The van der Waals surface area contributed by atoms with Crippen LogP contribution >= 0.6 is 0 Å². The number of amides is 1. The minimum atomic E-state index is -0.427. The molecule has 1 aromatic heterocycles. The van der Waals surface area contributed by atoms with Crippen LogP contribution in [0.15, 0.2) is 18.3 Å². The number of hydrogen-bond acceptors (Lipinski definition) is 4. The van der Waals surface area contributed by atoms with Gasteiger partial charge in [0.1, 0.15) is 11.5 Å². The van der Waals surface area contributed by atoms with Crippen molar-refractivity contribution < 1.29 is 9.18 Å². The Balaban J connectivity index is 1.91. The van der Waals surface area contributed by atoms with Gasteiger partial charge in [0.05, 0.1) is 6.20 Å². The molecule has 0 aromatic carbocycles. The van der Waals surface area contributed by atoms with E-state index in [1.165, 1.54) is 12.1 Å². The van der Waals surface area contributed by atoms with E-state index in [0.717, 1.165) is 32.1 Å². The Labute approximate surface area is 124 Å². The molecule has 0 radical (unpaired) electrons. The molecule has 1 saturated heterocycles. The molecule has 1 aliphatic heterocycles. The molecule has 1 aliphatic rings. The Morgan fingerprint density at radius 3 is 2.62 bits per heavy atom. The van der Waals surface area contributed by atoms with E-state index in [9.17, 15) is 9.18 Å². The summed E-state index contributed by atoms with van der Waals surface area (Å²) in [4.78, 5) is 20.3. The van der Waals surface area contributed by atoms with E-state index in [0.29, 0.717) is 31.4 Å².